The Balaban J connectivity index is 1.97. The number of rotatable bonds is 11. The molecule has 41 heavy (non-hydrogen) atoms. The monoisotopic (exact) mass is 598 g/mol. The number of hydrogen-bond acceptors (Lipinski definition) is 8. The van der Waals surface area contributed by atoms with Crippen molar-refractivity contribution < 1.29 is 23.7 Å². The highest BCUT2D eigenvalue weighted by molar-refractivity contribution is 7.07. The van der Waals surface area contributed by atoms with Crippen LogP contribution in [-0.4, -0.2) is 37.0 Å². The van der Waals surface area contributed by atoms with Gasteiger partial charge in [0, 0.05) is 10.6 Å². The Labute approximate surface area is 248 Å². The second kappa shape index (κ2) is 13.4. The molecule has 0 spiro atoms. The summed E-state index contributed by atoms with van der Waals surface area (Å²) in [5, 5.41) is 0.451. The Bertz CT molecular complexity index is 1640. The molecule has 0 N–H and O–H groups in total. The Morgan fingerprint density at radius 1 is 1.10 bits per heavy atom. The highest BCUT2D eigenvalue weighted by Gasteiger charge is 2.36. The van der Waals surface area contributed by atoms with E-state index in [4.69, 9.17) is 35.5 Å². The molecule has 2 heterocycles. The smallest absolute Gasteiger partial charge is 0.338 e. The number of methoxy groups -OCH3 is 1. The van der Waals surface area contributed by atoms with E-state index in [-0.39, 0.29) is 18.3 Å². The summed E-state index contributed by atoms with van der Waals surface area (Å²) in [6, 6.07) is 9.89. The molecule has 0 unspecified atom stereocenters. The zero-order valence-electron chi connectivity index (χ0n) is 24.2. The van der Waals surface area contributed by atoms with Gasteiger partial charge < -0.3 is 18.9 Å². The number of carbonyl (C=O) groups is 1. The summed E-state index contributed by atoms with van der Waals surface area (Å²) in [7, 11) is 1.54. The van der Waals surface area contributed by atoms with E-state index in [0.29, 0.717) is 61.5 Å². The van der Waals surface area contributed by atoms with Crippen molar-refractivity contribution in [2.24, 2.45) is 4.99 Å². The van der Waals surface area contributed by atoms with E-state index in [9.17, 15) is 9.59 Å². The molecule has 1 aromatic heterocycles. The SMILES string of the molecule is CCCC1=C(C(=O)OCC)[C@@H](c2cc(Cl)ccc2OC)n2c(s/c(=C/c3ccc(OC(C)C)c(OCC)c3)c2=O)=N1. The first-order valence-corrected chi connectivity index (χ1v) is 14.9. The molecule has 1 aliphatic heterocycles. The van der Waals surface area contributed by atoms with Crippen molar-refractivity contribution in [3.63, 3.8) is 0 Å². The van der Waals surface area contributed by atoms with E-state index in [2.05, 4.69) is 0 Å². The van der Waals surface area contributed by atoms with Gasteiger partial charge in [0.25, 0.3) is 5.56 Å². The number of ether oxygens (including phenoxy) is 4. The molecule has 0 aliphatic carbocycles. The maximum absolute atomic E-state index is 14.1. The van der Waals surface area contributed by atoms with Crippen molar-refractivity contribution in [2.45, 2.75) is 59.6 Å². The van der Waals surface area contributed by atoms with Crippen molar-refractivity contribution in [3.8, 4) is 17.2 Å². The van der Waals surface area contributed by atoms with Crippen LogP contribution in [0.5, 0.6) is 17.2 Å². The molecule has 10 heteroatoms. The van der Waals surface area contributed by atoms with Crippen LogP contribution < -0.4 is 29.1 Å². The summed E-state index contributed by atoms with van der Waals surface area (Å²) in [4.78, 5) is 32.8. The second-order valence-corrected chi connectivity index (χ2v) is 11.1. The molecule has 0 saturated carbocycles. The van der Waals surface area contributed by atoms with E-state index in [1.54, 1.807) is 38.3 Å². The molecule has 4 rings (SSSR count). The van der Waals surface area contributed by atoms with Crippen LogP contribution in [0, 0.1) is 0 Å². The number of carbonyl (C=O) groups excluding carboxylic acids is 1. The lowest BCUT2D eigenvalue weighted by atomic mass is 9.93. The molecular weight excluding hydrogens is 564 g/mol. The van der Waals surface area contributed by atoms with Crippen molar-refractivity contribution in [3.05, 3.63) is 83.5 Å². The molecule has 3 aromatic rings. The number of hydrogen-bond donors (Lipinski definition) is 0. The number of benzene rings is 2. The number of aromatic nitrogens is 1. The summed E-state index contributed by atoms with van der Waals surface area (Å²) in [5.74, 6) is 1.20. The van der Waals surface area contributed by atoms with Gasteiger partial charge in [0.15, 0.2) is 16.3 Å². The first-order chi connectivity index (χ1) is 19.7. The zero-order valence-corrected chi connectivity index (χ0v) is 25.7. The highest BCUT2D eigenvalue weighted by Crippen LogP contribution is 2.38. The number of thiazole rings is 1. The average Bonchev–Trinajstić information content (AvgIpc) is 3.23. The molecule has 2 aromatic carbocycles. The van der Waals surface area contributed by atoms with Gasteiger partial charge in [-0.25, -0.2) is 9.79 Å². The van der Waals surface area contributed by atoms with Crippen molar-refractivity contribution in [1.82, 2.24) is 4.57 Å². The summed E-state index contributed by atoms with van der Waals surface area (Å²) in [6.07, 6.45) is 3.07. The third-order valence-electron chi connectivity index (χ3n) is 6.31. The quantitative estimate of drug-likeness (QED) is 0.274. The molecule has 0 bridgehead atoms. The summed E-state index contributed by atoms with van der Waals surface area (Å²) in [5.41, 5.74) is 1.94. The fraction of sp³-hybridized carbons (Fsp3) is 0.387. The van der Waals surface area contributed by atoms with Crippen LogP contribution in [0.25, 0.3) is 6.08 Å². The third kappa shape index (κ3) is 6.52. The molecule has 8 nitrogen and oxygen atoms in total. The fourth-order valence-electron chi connectivity index (χ4n) is 4.72. The minimum Gasteiger partial charge on any atom is -0.496 e. The van der Waals surface area contributed by atoms with Gasteiger partial charge in [-0.2, -0.15) is 0 Å². The van der Waals surface area contributed by atoms with E-state index < -0.39 is 12.0 Å². The lowest BCUT2D eigenvalue weighted by Gasteiger charge is -2.27. The molecule has 1 aliphatic rings. The predicted octanol–water partition coefficient (Wildman–Crippen LogP) is 5.43. The maximum atomic E-state index is 14.1. The van der Waals surface area contributed by atoms with Gasteiger partial charge in [-0.15, -0.1) is 0 Å². The Morgan fingerprint density at radius 3 is 2.51 bits per heavy atom. The fourth-order valence-corrected chi connectivity index (χ4v) is 5.92. The normalized spacial score (nSPS) is 15.0. The molecule has 1 atom stereocenters. The lowest BCUT2D eigenvalue weighted by molar-refractivity contribution is -0.139. The van der Waals surface area contributed by atoms with Crippen LogP contribution in [0.3, 0.4) is 0 Å². The maximum Gasteiger partial charge on any atom is 0.338 e. The average molecular weight is 599 g/mol. The summed E-state index contributed by atoms with van der Waals surface area (Å²) < 4.78 is 24.8. The molecule has 218 valence electrons. The van der Waals surface area contributed by atoms with Crippen LogP contribution in [0.1, 0.15) is 64.6 Å². The van der Waals surface area contributed by atoms with Gasteiger partial charge in [-0.05, 0) is 76.1 Å². The zero-order chi connectivity index (χ0) is 29.7. The third-order valence-corrected chi connectivity index (χ3v) is 7.52. The molecule has 0 amide bonds. The largest absolute Gasteiger partial charge is 0.496 e. The molecule has 0 radical (unpaired) electrons. The number of esters is 1. The minimum absolute atomic E-state index is 0.0156. The van der Waals surface area contributed by atoms with Gasteiger partial charge in [-0.1, -0.05) is 42.3 Å². The Hall–Kier alpha value is -3.56. The first-order valence-electron chi connectivity index (χ1n) is 13.7. The van der Waals surface area contributed by atoms with Crippen molar-refractivity contribution in [2.75, 3.05) is 20.3 Å². The van der Waals surface area contributed by atoms with Crippen LogP contribution >= 0.6 is 22.9 Å². The standard InChI is InChI=1S/C31H35ClN2O6S/c1-7-10-22-27(30(36)39-9-3)28(21-17-20(32)12-14-23(21)37-6)34-29(35)26(41-31(34)33-22)16-19-11-13-24(40-18(4)5)25(15-19)38-8-2/h11-18,28H,7-10H2,1-6H3/b26-16+/t28-/m1/s1. The van der Waals surface area contributed by atoms with Crippen molar-refractivity contribution >= 4 is 35.0 Å². The topological polar surface area (TPSA) is 88.4 Å². The number of fused-ring (bicyclic) bond motifs is 1. The molecule has 0 saturated heterocycles. The highest BCUT2D eigenvalue weighted by atomic mass is 35.5. The Kier molecular flexibility index (Phi) is 9.94. The van der Waals surface area contributed by atoms with Gasteiger partial charge in [0.2, 0.25) is 0 Å². The van der Waals surface area contributed by atoms with Crippen LogP contribution in [0.4, 0.5) is 0 Å². The van der Waals surface area contributed by atoms with Gasteiger partial charge in [0.1, 0.15) is 11.8 Å². The molecule has 0 fully saturated rings. The van der Waals surface area contributed by atoms with E-state index >= 15 is 0 Å². The predicted molar refractivity (Wildman–Crippen MR) is 161 cm³/mol. The van der Waals surface area contributed by atoms with E-state index in [1.165, 1.54) is 15.9 Å². The van der Waals surface area contributed by atoms with Crippen LogP contribution in [-0.2, 0) is 9.53 Å². The van der Waals surface area contributed by atoms with Crippen molar-refractivity contribution in [1.29, 1.82) is 0 Å². The number of allylic oxidation sites excluding steroid dienone is 1. The summed E-state index contributed by atoms with van der Waals surface area (Å²) >= 11 is 7.68. The van der Waals surface area contributed by atoms with E-state index in [1.807, 2.05) is 45.9 Å². The summed E-state index contributed by atoms with van der Waals surface area (Å²) in [6.45, 7) is 10.2. The number of nitrogens with zero attached hydrogens (tertiary/aromatic N) is 2. The van der Waals surface area contributed by atoms with Crippen LogP contribution in [0.15, 0.2) is 57.5 Å². The minimum atomic E-state index is -0.830. The van der Waals surface area contributed by atoms with Crippen LogP contribution in [0.2, 0.25) is 5.02 Å². The second-order valence-electron chi connectivity index (χ2n) is 9.61. The van der Waals surface area contributed by atoms with Gasteiger partial charge >= 0.3 is 5.97 Å². The Morgan fingerprint density at radius 2 is 1.85 bits per heavy atom. The first kappa shape index (κ1) is 30.4. The van der Waals surface area contributed by atoms with Gasteiger partial charge in [0.05, 0.1) is 42.2 Å². The molecular formula is C31H35ClN2O6S. The number of halogens is 1. The van der Waals surface area contributed by atoms with E-state index in [0.717, 1.165) is 12.0 Å². The van der Waals surface area contributed by atoms with Gasteiger partial charge in [-0.3, -0.25) is 9.36 Å². The lowest BCUT2D eigenvalue weighted by Crippen LogP contribution is -2.40.